The molecule has 0 aromatic heterocycles. The van der Waals surface area contributed by atoms with E-state index in [0.717, 1.165) is 12.0 Å². The molecule has 1 aliphatic heterocycles. The summed E-state index contributed by atoms with van der Waals surface area (Å²) in [6.45, 7) is 2.75. The Morgan fingerprint density at radius 3 is 2.36 bits per heavy atom. The van der Waals surface area contributed by atoms with E-state index in [2.05, 4.69) is 5.32 Å². The van der Waals surface area contributed by atoms with Gasteiger partial charge in [-0.05, 0) is 43.0 Å². The van der Waals surface area contributed by atoms with Gasteiger partial charge >= 0.3 is 0 Å². The Labute approximate surface area is 165 Å². The van der Waals surface area contributed by atoms with Gasteiger partial charge in [0.2, 0.25) is 15.9 Å². The van der Waals surface area contributed by atoms with E-state index in [0.29, 0.717) is 31.5 Å². The summed E-state index contributed by atoms with van der Waals surface area (Å²) >= 11 is 0. The highest BCUT2D eigenvalue weighted by molar-refractivity contribution is 7.89. The number of sulfonamides is 1. The van der Waals surface area contributed by atoms with Gasteiger partial charge in [0.05, 0.1) is 4.90 Å². The first kappa shape index (κ1) is 20.5. The fourth-order valence-corrected chi connectivity index (χ4v) is 4.84. The van der Waals surface area contributed by atoms with Crippen LogP contribution in [0.15, 0.2) is 53.4 Å². The molecule has 3 rings (SSSR count). The number of rotatable bonds is 6. The first-order chi connectivity index (χ1) is 13.4. The third-order valence-corrected chi connectivity index (χ3v) is 7.12. The van der Waals surface area contributed by atoms with Gasteiger partial charge in [0.25, 0.3) is 0 Å². The van der Waals surface area contributed by atoms with Crippen LogP contribution in [0.2, 0.25) is 0 Å². The number of halogens is 1. The zero-order chi connectivity index (χ0) is 20.1. The van der Waals surface area contributed by atoms with E-state index in [1.54, 1.807) is 30.3 Å². The third kappa shape index (κ3) is 4.59. The number of piperidine rings is 1. The molecule has 7 heteroatoms. The molecule has 1 fully saturated rings. The van der Waals surface area contributed by atoms with E-state index < -0.39 is 10.0 Å². The Hall–Kier alpha value is -2.25. The van der Waals surface area contributed by atoms with Crippen LogP contribution in [0.25, 0.3) is 0 Å². The van der Waals surface area contributed by atoms with Crippen LogP contribution in [0.3, 0.4) is 0 Å². The van der Waals surface area contributed by atoms with Crippen molar-refractivity contribution in [2.24, 2.45) is 5.92 Å². The van der Waals surface area contributed by atoms with Crippen LogP contribution in [0, 0.1) is 11.7 Å². The first-order valence-electron chi connectivity index (χ1n) is 9.52. The van der Waals surface area contributed by atoms with Gasteiger partial charge < -0.3 is 5.32 Å². The molecule has 150 valence electrons. The molecule has 1 N–H and O–H groups in total. The summed E-state index contributed by atoms with van der Waals surface area (Å²) in [5.41, 5.74) is 1.52. The smallest absolute Gasteiger partial charge is 0.243 e. The lowest BCUT2D eigenvalue weighted by Crippen LogP contribution is -2.42. The number of benzene rings is 2. The number of nitrogens with zero attached hydrogens (tertiary/aromatic N) is 1. The van der Waals surface area contributed by atoms with Crippen molar-refractivity contribution in [3.8, 4) is 0 Å². The van der Waals surface area contributed by atoms with Gasteiger partial charge in [-0.15, -0.1) is 0 Å². The number of aryl methyl sites for hydroxylation is 1. The molecule has 2 aromatic rings. The molecule has 0 aliphatic carbocycles. The van der Waals surface area contributed by atoms with Crippen molar-refractivity contribution in [3.05, 3.63) is 65.5 Å². The first-order valence-corrected chi connectivity index (χ1v) is 11.0. The molecule has 0 spiro atoms. The van der Waals surface area contributed by atoms with Crippen LogP contribution >= 0.6 is 0 Å². The number of amides is 1. The summed E-state index contributed by atoms with van der Waals surface area (Å²) in [5.74, 6) is -0.772. The number of carbonyl (C=O) groups is 1. The molecular formula is C21H25FN2O3S. The predicted molar refractivity (Wildman–Crippen MR) is 106 cm³/mol. The molecule has 2 aromatic carbocycles. The fourth-order valence-electron chi connectivity index (χ4n) is 3.37. The average Bonchev–Trinajstić information content (AvgIpc) is 2.73. The Morgan fingerprint density at radius 1 is 1.11 bits per heavy atom. The summed E-state index contributed by atoms with van der Waals surface area (Å²) in [6, 6.07) is 13.3. The molecule has 0 bridgehead atoms. The molecule has 0 atom stereocenters. The van der Waals surface area contributed by atoms with Crippen LogP contribution in [-0.2, 0) is 27.8 Å². The second kappa shape index (κ2) is 8.84. The van der Waals surface area contributed by atoms with E-state index >= 15 is 0 Å². The molecule has 5 nitrogen and oxygen atoms in total. The lowest BCUT2D eigenvalue weighted by Gasteiger charge is -2.30. The molecular weight excluding hydrogens is 379 g/mol. The van der Waals surface area contributed by atoms with Gasteiger partial charge in [-0.25, -0.2) is 12.8 Å². The normalized spacial score (nSPS) is 16.1. The standard InChI is InChI=1S/C21H25FN2O3S/c1-2-16-7-9-19(10-8-16)28(26,27)24-13-11-17(12-14-24)21(25)23-15-18-5-3-4-6-20(18)22/h3-10,17H,2,11-15H2,1H3,(H,23,25). The van der Waals surface area contributed by atoms with Crippen molar-refractivity contribution in [2.45, 2.75) is 37.6 Å². The van der Waals surface area contributed by atoms with Crippen LogP contribution in [0.1, 0.15) is 30.9 Å². The summed E-state index contributed by atoms with van der Waals surface area (Å²) in [4.78, 5) is 12.7. The van der Waals surface area contributed by atoms with Gasteiger partial charge in [-0.2, -0.15) is 4.31 Å². The zero-order valence-corrected chi connectivity index (χ0v) is 16.7. The largest absolute Gasteiger partial charge is 0.352 e. The summed E-state index contributed by atoms with van der Waals surface area (Å²) < 4.78 is 40.7. The van der Waals surface area contributed by atoms with Crippen molar-refractivity contribution < 1.29 is 17.6 Å². The molecule has 1 aliphatic rings. The Balaban J connectivity index is 1.55. The Kier molecular flexibility index (Phi) is 6.46. The molecule has 0 saturated carbocycles. The Bertz CT molecular complexity index is 921. The third-order valence-electron chi connectivity index (χ3n) is 5.21. The maximum Gasteiger partial charge on any atom is 0.243 e. The fraction of sp³-hybridized carbons (Fsp3) is 0.381. The number of nitrogens with one attached hydrogen (secondary N) is 1. The number of hydrogen-bond acceptors (Lipinski definition) is 3. The highest BCUT2D eigenvalue weighted by Crippen LogP contribution is 2.24. The summed E-state index contributed by atoms with van der Waals surface area (Å²) in [6.07, 6.45) is 1.76. The Morgan fingerprint density at radius 2 is 1.75 bits per heavy atom. The van der Waals surface area contributed by atoms with Crippen molar-refractivity contribution in [1.82, 2.24) is 9.62 Å². The zero-order valence-electron chi connectivity index (χ0n) is 15.9. The van der Waals surface area contributed by atoms with Gasteiger partial charge in [-0.3, -0.25) is 4.79 Å². The van der Waals surface area contributed by atoms with E-state index in [1.165, 1.54) is 10.4 Å². The number of carbonyl (C=O) groups excluding carboxylic acids is 1. The van der Waals surface area contributed by atoms with Gasteiger partial charge in [0, 0.05) is 31.1 Å². The monoisotopic (exact) mass is 404 g/mol. The van der Waals surface area contributed by atoms with E-state index in [-0.39, 0.29) is 29.1 Å². The molecule has 1 heterocycles. The van der Waals surface area contributed by atoms with Crippen molar-refractivity contribution in [1.29, 1.82) is 0 Å². The minimum atomic E-state index is -3.54. The van der Waals surface area contributed by atoms with E-state index in [9.17, 15) is 17.6 Å². The highest BCUT2D eigenvalue weighted by Gasteiger charge is 2.32. The predicted octanol–water partition coefficient (Wildman–Crippen LogP) is 3.11. The quantitative estimate of drug-likeness (QED) is 0.805. The minimum Gasteiger partial charge on any atom is -0.352 e. The van der Waals surface area contributed by atoms with E-state index in [1.807, 2.05) is 19.1 Å². The minimum absolute atomic E-state index is 0.133. The number of hydrogen-bond donors (Lipinski definition) is 1. The lowest BCUT2D eigenvalue weighted by molar-refractivity contribution is -0.126. The van der Waals surface area contributed by atoms with Crippen molar-refractivity contribution in [3.63, 3.8) is 0 Å². The second-order valence-electron chi connectivity index (χ2n) is 6.99. The van der Waals surface area contributed by atoms with Crippen LogP contribution in [0.5, 0.6) is 0 Å². The highest BCUT2D eigenvalue weighted by atomic mass is 32.2. The topological polar surface area (TPSA) is 66.5 Å². The van der Waals surface area contributed by atoms with Crippen molar-refractivity contribution >= 4 is 15.9 Å². The average molecular weight is 405 g/mol. The summed E-state index contributed by atoms with van der Waals surface area (Å²) in [7, 11) is -3.54. The molecule has 0 unspecified atom stereocenters. The van der Waals surface area contributed by atoms with Gasteiger partial charge in [0.1, 0.15) is 5.82 Å². The molecule has 1 saturated heterocycles. The maximum atomic E-state index is 13.6. The molecule has 28 heavy (non-hydrogen) atoms. The van der Waals surface area contributed by atoms with Crippen LogP contribution < -0.4 is 5.32 Å². The van der Waals surface area contributed by atoms with Gasteiger partial charge in [-0.1, -0.05) is 37.3 Å². The molecule has 0 radical (unpaired) electrons. The molecule has 1 amide bonds. The second-order valence-corrected chi connectivity index (χ2v) is 8.92. The maximum absolute atomic E-state index is 13.6. The van der Waals surface area contributed by atoms with Crippen molar-refractivity contribution in [2.75, 3.05) is 13.1 Å². The summed E-state index contributed by atoms with van der Waals surface area (Å²) in [5, 5.41) is 2.76. The van der Waals surface area contributed by atoms with Crippen LogP contribution in [0.4, 0.5) is 4.39 Å². The van der Waals surface area contributed by atoms with Crippen LogP contribution in [-0.4, -0.2) is 31.7 Å². The van der Waals surface area contributed by atoms with Gasteiger partial charge in [0.15, 0.2) is 0 Å². The SMILES string of the molecule is CCc1ccc(S(=O)(=O)N2CCC(C(=O)NCc3ccccc3F)CC2)cc1. The van der Waals surface area contributed by atoms with E-state index in [4.69, 9.17) is 0 Å². The lowest BCUT2D eigenvalue weighted by atomic mass is 9.97.